The third kappa shape index (κ3) is 2.97. The first-order valence-electron chi connectivity index (χ1n) is 7.70. The second-order valence-electron chi connectivity index (χ2n) is 5.75. The minimum absolute atomic E-state index is 0.273. The van der Waals surface area contributed by atoms with Gasteiger partial charge in [0.05, 0.1) is 22.6 Å². The lowest BCUT2D eigenvalue weighted by atomic mass is 10.1. The highest BCUT2D eigenvalue weighted by atomic mass is 16.6. The monoisotopic (exact) mass is 328 g/mol. The summed E-state index contributed by atoms with van der Waals surface area (Å²) in [4.78, 5) is 23.3. The largest absolute Gasteiger partial charge is 0.486 e. The Bertz CT molecular complexity index is 766. The fourth-order valence-corrected chi connectivity index (χ4v) is 2.51. The Morgan fingerprint density at radius 3 is 2.46 bits per heavy atom. The number of carbonyl (C=O) groups is 1. The normalized spacial score (nSPS) is 12.7. The van der Waals surface area contributed by atoms with Crippen molar-refractivity contribution in [2.24, 2.45) is 0 Å². The van der Waals surface area contributed by atoms with Crippen molar-refractivity contribution in [2.45, 2.75) is 13.8 Å². The lowest BCUT2D eigenvalue weighted by Gasteiger charge is -2.21. The van der Waals surface area contributed by atoms with Gasteiger partial charge in [0.2, 0.25) is 5.95 Å². The summed E-state index contributed by atoms with van der Waals surface area (Å²) in [7, 11) is 3.75. The van der Waals surface area contributed by atoms with Crippen molar-refractivity contribution in [3.8, 4) is 11.5 Å². The molecule has 0 unspecified atom stereocenters. The van der Waals surface area contributed by atoms with E-state index in [1.165, 1.54) is 0 Å². The number of carbonyl (C=O) groups excluding carboxylic acids is 1. The Balaban J connectivity index is 1.91. The number of amides is 1. The number of rotatable bonds is 3. The Hall–Kier alpha value is -2.83. The van der Waals surface area contributed by atoms with Crippen LogP contribution in [0.4, 0.5) is 11.6 Å². The maximum atomic E-state index is 12.7. The highest BCUT2D eigenvalue weighted by Gasteiger charge is 2.22. The quantitative estimate of drug-likeness (QED) is 0.931. The SMILES string of the molecule is Cc1nc(N(C)C)nc(C)c1NC(=O)c1cccc2c1OCCO2. The number of aromatic nitrogens is 2. The predicted octanol–water partition coefficient (Wildman–Crippen LogP) is 2.18. The second-order valence-corrected chi connectivity index (χ2v) is 5.75. The van der Waals surface area contributed by atoms with Crippen molar-refractivity contribution >= 4 is 17.5 Å². The highest BCUT2D eigenvalue weighted by Crippen LogP contribution is 2.34. The smallest absolute Gasteiger partial charge is 0.259 e. The number of aryl methyl sites for hydroxylation is 2. The molecule has 7 nitrogen and oxygen atoms in total. The first-order valence-corrected chi connectivity index (χ1v) is 7.70. The molecule has 126 valence electrons. The fourth-order valence-electron chi connectivity index (χ4n) is 2.51. The van der Waals surface area contributed by atoms with Gasteiger partial charge in [-0.1, -0.05) is 6.07 Å². The van der Waals surface area contributed by atoms with Crippen molar-refractivity contribution in [1.82, 2.24) is 9.97 Å². The van der Waals surface area contributed by atoms with Crippen LogP contribution in [0, 0.1) is 13.8 Å². The molecule has 1 aliphatic rings. The van der Waals surface area contributed by atoms with Crippen molar-refractivity contribution in [1.29, 1.82) is 0 Å². The van der Waals surface area contributed by atoms with Crippen molar-refractivity contribution in [3.63, 3.8) is 0 Å². The zero-order valence-electron chi connectivity index (χ0n) is 14.2. The Morgan fingerprint density at radius 2 is 1.79 bits per heavy atom. The molecular weight excluding hydrogens is 308 g/mol. The number of anilines is 2. The summed E-state index contributed by atoms with van der Waals surface area (Å²) < 4.78 is 11.1. The van der Waals surface area contributed by atoms with E-state index in [2.05, 4.69) is 15.3 Å². The van der Waals surface area contributed by atoms with Crippen LogP contribution >= 0.6 is 0 Å². The van der Waals surface area contributed by atoms with Gasteiger partial charge in [0.1, 0.15) is 13.2 Å². The number of fused-ring (bicyclic) bond motifs is 1. The van der Waals surface area contributed by atoms with E-state index in [4.69, 9.17) is 9.47 Å². The Morgan fingerprint density at radius 1 is 1.12 bits per heavy atom. The first kappa shape index (κ1) is 16.0. The summed E-state index contributed by atoms with van der Waals surface area (Å²) in [5.41, 5.74) is 2.46. The van der Waals surface area contributed by atoms with Gasteiger partial charge in [0.25, 0.3) is 5.91 Å². The number of hydrogen-bond acceptors (Lipinski definition) is 6. The van der Waals surface area contributed by atoms with Gasteiger partial charge in [0.15, 0.2) is 11.5 Å². The van der Waals surface area contributed by atoms with Crippen LogP contribution in [0.5, 0.6) is 11.5 Å². The second kappa shape index (κ2) is 6.35. The van der Waals surface area contributed by atoms with E-state index >= 15 is 0 Å². The molecule has 0 saturated carbocycles. The molecule has 0 bridgehead atoms. The van der Waals surface area contributed by atoms with Gasteiger partial charge in [-0.05, 0) is 26.0 Å². The molecule has 1 aromatic carbocycles. The molecule has 24 heavy (non-hydrogen) atoms. The van der Waals surface area contributed by atoms with Crippen LogP contribution in [0.2, 0.25) is 0 Å². The minimum atomic E-state index is -0.273. The number of para-hydroxylation sites is 1. The zero-order valence-corrected chi connectivity index (χ0v) is 14.2. The van der Waals surface area contributed by atoms with Crippen LogP contribution in [-0.4, -0.2) is 43.2 Å². The van der Waals surface area contributed by atoms with E-state index < -0.39 is 0 Å². The van der Waals surface area contributed by atoms with E-state index in [0.29, 0.717) is 53.3 Å². The topological polar surface area (TPSA) is 76.6 Å². The third-order valence-electron chi connectivity index (χ3n) is 3.71. The van der Waals surface area contributed by atoms with Crippen LogP contribution in [-0.2, 0) is 0 Å². The summed E-state index contributed by atoms with van der Waals surface area (Å²) >= 11 is 0. The van der Waals surface area contributed by atoms with Crippen LogP contribution in [0.15, 0.2) is 18.2 Å². The van der Waals surface area contributed by atoms with Crippen molar-refractivity contribution in [2.75, 3.05) is 37.5 Å². The standard InChI is InChI=1S/C17H20N4O3/c1-10-14(11(2)19-17(18-10)21(3)4)20-16(22)12-6-5-7-13-15(12)24-9-8-23-13/h5-7H,8-9H2,1-4H3,(H,20,22). The molecule has 1 aromatic heterocycles. The average Bonchev–Trinajstić information content (AvgIpc) is 2.57. The summed E-state index contributed by atoms with van der Waals surface area (Å²) in [6.07, 6.45) is 0. The molecular formula is C17H20N4O3. The molecule has 3 rings (SSSR count). The number of ether oxygens (including phenoxy) is 2. The van der Waals surface area contributed by atoms with Crippen LogP contribution in [0.25, 0.3) is 0 Å². The van der Waals surface area contributed by atoms with Gasteiger partial charge in [0, 0.05) is 14.1 Å². The zero-order chi connectivity index (χ0) is 17.3. The third-order valence-corrected chi connectivity index (χ3v) is 3.71. The summed E-state index contributed by atoms with van der Waals surface area (Å²) in [6, 6.07) is 5.27. The van der Waals surface area contributed by atoms with Gasteiger partial charge >= 0.3 is 0 Å². The molecule has 0 atom stereocenters. The summed E-state index contributed by atoms with van der Waals surface area (Å²) in [5, 5.41) is 2.89. The Kier molecular flexibility index (Phi) is 4.24. The summed E-state index contributed by atoms with van der Waals surface area (Å²) in [5.74, 6) is 1.39. The van der Waals surface area contributed by atoms with Crippen molar-refractivity contribution < 1.29 is 14.3 Å². The van der Waals surface area contributed by atoms with E-state index in [9.17, 15) is 4.79 Å². The van der Waals surface area contributed by atoms with Gasteiger partial charge in [-0.15, -0.1) is 0 Å². The van der Waals surface area contributed by atoms with Gasteiger partial charge in [-0.25, -0.2) is 9.97 Å². The molecule has 2 heterocycles. The molecule has 1 N–H and O–H groups in total. The molecule has 0 fully saturated rings. The lowest BCUT2D eigenvalue weighted by molar-refractivity contribution is 0.101. The molecule has 1 aliphatic heterocycles. The van der Waals surface area contributed by atoms with E-state index in [1.54, 1.807) is 18.2 Å². The van der Waals surface area contributed by atoms with Crippen LogP contribution in [0.1, 0.15) is 21.7 Å². The van der Waals surface area contributed by atoms with E-state index in [1.807, 2.05) is 32.8 Å². The van der Waals surface area contributed by atoms with Gasteiger partial charge in [-0.3, -0.25) is 4.79 Å². The molecule has 7 heteroatoms. The van der Waals surface area contributed by atoms with Gasteiger partial charge < -0.3 is 19.7 Å². The average molecular weight is 328 g/mol. The first-order chi connectivity index (χ1) is 11.5. The van der Waals surface area contributed by atoms with E-state index in [0.717, 1.165) is 0 Å². The van der Waals surface area contributed by atoms with Gasteiger partial charge in [-0.2, -0.15) is 0 Å². The summed E-state index contributed by atoms with van der Waals surface area (Å²) in [6.45, 7) is 4.60. The number of benzene rings is 1. The number of hydrogen-bond donors (Lipinski definition) is 1. The molecule has 2 aromatic rings. The fraction of sp³-hybridized carbons (Fsp3) is 0.353. The molecule has 1 amide bonds. The van der Waals surface area contributed by atoms with E-state index in [-0.39, 0.29) is 5.91 Å². The number of nitrogens with zero attached hydrogens (tertiary/aromatic N) is 3. The lowest BCUT2D eigenvalue weighted by Crippen LogP contribution is -2.21. The molecule has 0 aliphatic carbocycles. The molecule has 0 radical (unpaired) electrons. The minimum Gasteiger partial charge on any atom is -0.486 e. The maximum absolute atomic E-state index is 12.7. The molecule has 0 spiro atoms. The van der Waals surface area contributed by atoms with Crippen LogP contribution < -0.4 is 19.7 Å². The molecule has 0 saturated heterocycles. The predicted molar refractivity (Wildman–Crippen MR) is 91.2 cm³/mol. The number of nitrogens with one attached hydrogen (secondary N) is 1. The highest BCUT2D eigenvalue weighted by molar-refractivity contribution is 6.07. The maximum Gasteiger partial charge on any atom is 0.259 e. The Labute approximate surface area is 140 Å². The van der Waals surface area contributed by atoms with Crippen LogP contribution in [0.3, 0.4) is 0 Å². The van der Waals surface area contributed by atoms with Crippen molar-refractivity contribution in [3.05, 3.63) is 35.2 Å².